The molecule has 2 aromatic rings. The van der Waals surface area contributed by atoms with E-state index in [9.17, 15) is 18.4 Å². The molecule has 5 nitrogen and oxygen atoms in total. The van der Waals surface area contributed by atoms with E-state index < -0.39 is 18.4 Å². The maximum atomic E-state index is 13.7. The molecule has 8 heteroatoms. The fourth-order valence-corrected chi connectivity index (χ4v) is 3.18. The number of halogens is 3. The van der Waals surface area contributed by atoms with E-state index in [2.05, 4.69) is 15.9 Å². The average Bonchev–Trinajstić information content (AvgIpc) is 2.68. The van der Waals surface area contributed by atoms with Gasteiger partial charge in [0.15, 0.2) is 6.61 Å². The van der Waals surface area contributed by atoms with Gasteiger partial charge in [0.05, 0.1) is 5.56 Å². The minimum atomic E-state index is -0.882. The molecule has 1 amide bonds. The summed E-state index contributed by atoms with van der Waals surface area (Å²) in [4.78, 5) is 27.9. The van der Waals surface area contributed by atoms with Crippen molar-refractivity contribution in [2.24, 2.45) is 0 Å². The molecule has 1 aliphatic heterocycles. The number of anilines is 1. The molecule has 0 radical (unpaired) electrons. The van der Waals surface area contributed by atoms with Crippen molar-refractivity contribution in [3.63, 3.8) is 0 Å². The standard InChI is InChI=1S/C19H17BrF2N2O3/c20-13-1-6-17(22)16(11-13)19(26)27-12-18(25)24-9-7-23(8-10-24)15-4-2-14(21)3-5-15/h1-6,11H,7-10,12H2. The molecule has 0 saturated carbocycles. The van der Waals surface area contributed by atoms with E-state index >= 15 is 0 Å². The number of benzene rings is 2. The summed E-state index contributed by atoms with van der Waals surface area (Å²) in [5, 5.41) is 0. The van der Waals surface area contributed by atoms with E-state index in [1.54, 1.807) is 17.0 Å². The fraction of sp³-hybridized carbons (Fsp3) is 0.263. The SMILES string of the molecule is O=C(OCC(=O)N1CCN(c2ccc(F)cc2)CC1)c1cc(Br)ccc1F. The van der Waals surface area contributed by atoms with Crippen LogP contribution in [0.3, 0.4) is 0 Å². The highest BCUT2D eigenvalue weighted by Crippen LogP contribution is 2.18. The smallest absolute Gasteiger partial charge is 0.341 e. The van der Waals surface area contributed by atoms with E-state index in [4.69, 9.17) is 4.74 Å². The molecule has 0 atom stereocenters. The molecule has 0 bridgehead atoms. The van der Waals surface area contributed by atoms with Gasteiger partial charge >= 0.3 is 5.97 Å². The first-order valence-electron chi connectivity index (χ1n) is 8.34. The number of ether oxygens (including phenoxy) is 1. The van der Waals surface area contributed by atoms with Crippen LogP contribution in [0.5, 0.6) is 0 Å². The number of hydrogen-bond donors (Lipinski definition) is 0. The lowest BCUT2D eigenvalue weighted by atomic mass is 10.2. The molecule has 0 unspecified atom stereocenters. The maximum Gasteiger partial charge on any atom is 0.341 e. The quantitative estimate of drug-likeness (QED) is 0.687. The Labute approximate surface area is 163 Å². The highest BCUT2D eigenvalue weighted by molar-refractivity contribution is 9.10. The van der Waals surface area contributed by atoms with Crippen molar-refractivity contribution in [1.82, 2.24) is 4.90 Å². The number of hydrogen-bond acceptors (Lipinski definition) is 4. The van der Waals surface area contributed by atoms with Crippen LogP contribution in [0.25, 0.3) is 0 Å². The summed E-state index contributed by atoms with van der Waals surface area (Å²) in [7, 11) is 0. The van der Waals surface area contributed by atoms with Crippen LogP contribution in [0.15, 0.2) is 46.9 Å². The van der Waals surface area contributed by atoms with Crippen molar-refractivity contribution in [2.75, 3.05) is 37.7 Å². The van der Waals surface area contributed by atoms with Crippen LogP contribution in [0.2, 0.25) is 0 Å². The van der Waals surface area contributed by atoms with Crippen LogP contribution in [-0.4, -0.2) is 49.6 Å². The number of nitrogens with zero attached hydrogens (tertiary/aromatic N) is 2. The van der Waals surface area contributed by atoms with E-state index in [1.807, 2.05) is 4.90 Å². The third-order valence-electron chi connectivity index (χ3n) is 4.30. The molecular formula is C19H17BrF2N2O3. The Bertz CT molecular complexity index is 837. The Hall–Kier alpha value is -2.48. The van der Waals surface area contributed by atoms with E-state index in [1.165, 1.54) is 24.3 Å². The van der Waals surface area contributed by atoms with Crippen LogP contribution in [0.4, 0.5) is 14.5 Å². The molecule has 27 heavy (non-hydrogen) atoms. The van der Waals surface area contributed by atoms with Gasteiger partial charge in [0, 0.05) is 36.3 Å². The van der Waals surface area contributed by atoms with Crippen molar-refractivity contribution in [3.05, 3.63) is 64.1 Å². The first-order valence-corrected chi connectivity index (χ1v) is 9.14. The number of amides is 1. The topological polar surface area (TPSA) is 49.9 Å². The molecule has 0 N–H and O–H groups in total. The highest BCUT2D eigenvalue weighted by Gasteiger charge is 2.23. The first-order chi connectivity index (χ1) is 12.9. The number of rotatable bonds is 4. The van der Waals surface area contributed by atoms with Gasteiger partial charge in [-0.05, 0) is 42.5 Å². The summed E-state index contributed by atoms with van der Waals surface area (Å²) >= 11 is 3.16. The fourth-order valence-electron chi connectivity index (χ4n) is 2.82. The van der Waals surface area contributed by atoms with Crippen LogP contribution in [0, 0.1) is 11.6 Å². The molecule has 0 aromatic heterocycles. The average molecular weight is 439 g/mol. The maximum absolute atomic E-state index is 13.7. The normalized spacial score (nSPS) is 14.2. The van der Waals surface area contributed by atoms with E-state index in [0.29, 0.717) is 30.7 Å². The second kappa shape index (κ2) is 8.47. The Morgan fingerprint density at radius 3 is 2.33 bits per heavy atom. The Kier molecular flexibility index (Phi) is 6.05. The number of carbonyl (C=O) groups is 2. The van der Waals surface area contributed by atoms with Gasteiger partial charge in [0.1, 0.15) is 11.6 Å². The van der Waals surface area contributed by atoms with E-state index in [0.717, 1.165) is 11.8 Å². The lowest BCUT2D eigenvalue weighted by Crippen LogP contribution is -2.49. The molecule has 1 fully saturated rings. The minimum absolute atomic E-state index is 0.224. The van der Waals surface area contributed by atoms with E-state index in [-0.39, 0.29) is 17.3 Å². The third kappa shape index (κ3) is 4.82. The van der Waals surface area contributed by atoms with Crippen molar-refractivity contribution in [1.29, 1.82) is 0 Å². The van der Waals surface area contributed by atoms with Crippen molar-refractivity contribution in [2.45, 2.75) is 0 Å². The lowest BCUT2D eigenvalue weighted by Gasteiger charge is -2.36. The summed E-state index contributed by atoms with van der Waals surface area (Å²) in [5.74, 6) is -2.22. The van der Waals surface area contributed by atoms with Crippen molar-refractivity contribution in [3.8, 4) is 0 Å². The molecule has 142 valence electrons. The lowest BCUT2D eigenvalue weighted by molar-refractivity contribution is -0.134. The predicted octanol–water partition coefficient (Wildman–Crippen LogP) is 3.23. The van der Waals surface area contributed by atoms with Crippen LogP contribution < -0.4 is 4.90 Å². The predicted molar refractivity (Wildman–Crippen MR) is 99.6 cm³/mol. The summed E-state index contributed by atoms with van der Waals surface area (Å²) in [6, 6.07) is 10.1. The highest BCUT2D eigenvalue weighted by atomic mass is 79.9. The second-order valence-corrected chi connectivity index (χ2v) is 6.96. The summed E-state index contributed by atoms with van der Waals surface area (Å²) in [5.41, 5.74) is 0.665. The van der Waals surface area contributed by atoms with Crippen molar-refractivity contribution < 1.29 is 23.1 Å². The van der Waals surface area contributed by atoms with Gasteiger partial charge in [0.2, 0.25) is 0 Å². The molecule has 1 aliphatic rings. The first kappa shape index (κ1) is 19.3. The van der Waals surface area contributed by atoms with Crippen LogP contribution >= 0.6 is 15.9 Å². The second-order valence-electron chi connectivity index (χ2n) is 6.04. The number of carbonyl (C=O) groups excluding carboxylic acids is 2. The van der Waals surface area contributed by atoms with Gasteiger partial charge in [-0.3, -0.25) is 4.79 Å². The molecule has 2 aromatic carbocycles. The van der Waals surface area contributed by atoms with Gasteiger partial charge < -0.3 is 14.5 Å². The van der Waals surface area contributed by atoms with Gasteiger partial charge in [-0.2, -0.15) is 0 Å². The van der Waals surface area contributed by atoms with Gasteiger partial charge in [0.25, 0.3) is 5.91 Å². The van der Waals surface area contributed by atoms with Gasteiger partial charge in [-0.1, -0.05) is 15.9 Å². The van der Waals surface area contributed by atoms with Crippen LogP contribution in [0.1, 0.15) is 10.4 Å². The Balaban J connectivity index is 1.50. The number of piperazine rings is 1. The molecule has 3 rings (SSSR count). The molecule has 0 aliphatic carbocycles. The summed E-state index contributed by atoms with van der Waals surface area (Å²) in [6.07, 6.45) is 0. The molecule has 1 saturated heterocycles. The Morgan fingerprint density at radius 1 is 1.00 bits per heavy atom. The van der Waals surface area contributed by atoms with Crippen LogP contribution in [-0.2, 0) is 9.53 Å². The number of esters is 1. The minimum Gasteiger partial charge on any atom is -0.452 e. The van der Waals surface area contributed by atoms with Gasteiger partial charge in [-0.15, -0.1) is 0 Å². The van der Waals surface area contributed by atoms with Gasteiger partial charge in [-0.25, -0.2) is 13.6 Å². The zero-order valence-electron chi connectivity index (χ0n) is 14.3. The zero-order valence-corrected chi connectivity index (χ0v) is 15.9. The summed E-state index contributed by atoms with van der Waals surface area (Å²) in [6.45, 7) is 1.65. The molecular weight excluding hydrogens is 422 g/mol. The summed E-state index contributed by atoms with van der Waals surface area (Å²) < 4.78 is 32.2. The molecule has 0 spiro atoms. The van der Waals surface area contributed by atoms with Crippen molar-refractivity contribution >= 4 is 33.5 Å². The molecule has 1 heterocycles. The Morgan fingerprint density at radius 2 is 1.67 bits per heavy atom. The third-order valence-corrected chi connectivity index (χ3v) is 4.79. The zero-order chi connectivity index (χ0) is 19.4. The monoisotopic (exact) mass is 438 g/mol. The largest absolute Gasteiger partial charge is 0.452 e.